The van der Waals surface area contributed by atoms with Crippen molar-refractivity contribution in [2.75, 3.05) is 5.32 Å². The van der Waals surface area contributed by atoms with Crippen LogP contribution < -0.4 is 10.1 Å². The first-order valence-electron chi connectivity index (χ1n) is 5.76. The molecule has 2 rings (SSSR count). The van der Waals surface area contributed by atoms with E-state index in [0.717, 1.165) is 12.1 Å². The number of carbonyl (C=O) groups is 1. The van der Waals surface area contributed by atoms with Crippen LogP contribution in [0, 0.1) is 0 Å². The molecule has 0 aliphatic carbocycles. The van der Waals surface area contributed by atoms with Gasteiger partial charge >= 0.3 is 6.36 Å². The molecule has 0 aliphatic rings. The maximum atomic E-state index is 12.0. The minimum Gasteiger partial charge on any atom is -0.406 e. The first-order valence-corrected chi connectivity index (χ1v) is 6.14. The summed E-state index contributed by atoms with van der Waals surface area (Å²) in [7, 11) is 0. The van der Waals surface area contributed by atoms with Gasteiger partial charge < -0.3 is 10.1 Å². The van der Waals surface area contributed by atoms with Crippen LogP contribution in [0.15, 0.2) is 48.5 Å². The van der Waals surface area contributed by atoms with E-state index in [4.69, 9.17) is 11.6 Å². The first kappa shape index (κ1) is 15.2. The van der Waals surface area contributed by atoms with Gasteiger partial charge in [-0.15, -0.1) is 13.2 Å². The zero-order valence-electron chi connectivity index (χ0n) is 10.4. The lowest BCUT2D eigenvalue weighted by atomic mass is 10.2. The van der Waals surface area contributed by atoms with E-state index in [2.05, 4.69) is 10.1 Å². The van der Waals surface area contributed by atoms with Gasteiger partial charge in [0.1, 0.15) is 5.75 Å². The lowest BCUT2D eigenvalue weighted by Gasteiger charge is -2.10. The SMILES string of the molecule is O=C(Nc1ccc(OC(F)(F)F)cc1)c1cccc(Cl)c1. The summed E-state index contributed by atoms with van der Waals surface area (Å²) in [5.74, 6) is -0.773. The van der Waals surface area contributed by atoms with Crippen LogP contribution in [0.4, 0.5) is 18.9 Å². The fourth-order valence-electron chi connectivity index (χ4n) is 1.57. The summed E-state index contributed by atoms with van der Waals surface area (Å²) in [4.78, 5) is 11.9. The second kappa shape index (κ2) is 6.05. The van der Waals surface area contributed by atoms with Crippen molar-refractivity contribution in [1.82, 2.24) is 0 Å². The van der Waals surface area contributed by atoms with Gasteiger partial charge in [-0.05, 0) is 42.5 Å². The number of alkyl halides is 3. The Morgan fingerprint density at radius 1 is 1.10 bits per heavy atom. The zero-order chi connectivity index (χ0) is 15.5. The van der Waals surface area contributed by atoms with Crippen molar-refractivity contribution in [3.05, 3.63) is 59.1 Å². The third kappa shape index (κ3) is 4.68. The van der Waals surface area contributed by atoms with E-state index in [1.54, 1.807) is 18.2 Å². The van der Waals surface area contributed by atoms with Gasteiger partial charge in [-0.1, -0.05) is 17.7 Å². The van der Waals surface area contributed by atoms with Crippen LogP contribution in [-0.2, 0) is 0 Å². The van der Waals surface area contributed by atoms with Crippen LogP contribution in [0.25, 0.3) is 0 Å². The summed E-state index contributed by atoms with van der Waals surface area (Å²) >= 11 is 5.77. The van der Waals surface area contributed by atoms with Crippen molar-refractivity contribution in [1.29, 1.82) is 0 Å². The number of rotatable bonds is 3. The van der Waals surface area contributed by atoms with Crippen LogP contribution in [-0.4, -0.2) is 12.3 Å². The number of hydrogen-bond acceptors (Lipinski definition) is 2. The molecule has 0 saturated carbocycles. The molecule has 0 bridgehead atoms. The Kier molecular flexibility index (Phi) is 4.37. The van der Waals surface area contributed by atoms with Crippen LogP contribution in [0.3, 0.4) is 0 Å². The topological polar surface area (TPSA) is 38.3 Å². The summed E-state index contributed by atoms with van der Waals surface area (Å²) < 4.78 is 39.8. The van der Waals surface area contributed by atoms with E-state index in [9.17, 15) is 18.0 Å². The Labute approximate surface area is 123 Å². The predicted molar refractivity (Wildman–Crippen MR) is 72.5 cm³/mol. The number of carbonyl (C=O) groups excluding carboxylic acids is 1. The molecule has 0 unspecified atom stereocenters. The lowest BCUT2D eigenvalue weighted by Crippen LogP contribution is -2.17. The van der Waals surface area contributed by atoms with Crippen LogP contribution >= 0.6 is 11.6 Å². The van der Waals surface area contributed by atoms with E-state index in [0.29, 0.717) is 16.3 Å². The molecule has 7 heteroatoms. The smallest absolute Gasteiger partial charge is 0.406 e. The highest BCUT2D eigenvalue weighted by Gasteiger charge is 2.30. The number of nitrogens with one attached hydrogen (secondary N) is 1. The Morgan fingerprint density at radius 3 is 2.33 bits per heavy atom. The minimum absolute atomic E-state index is 0.342. The third-order valence-corrected chi connectivity index (χ3v) is 2.67. The number of benzene rings is 2. The van der Waals surface area contributed by atoms with Gasteiger partial charge in [-0.3, -0.25) is 4.79 Å². The molecule has 2 aromatic carbocycles. The molecular weight excluding hydrogens is 307 g/mol. The molecule has 2 aromatic rings. The second-order valence-electron chi connectivity index (χ2n) is 4.04. The van der Waals surface area contributed by atoms with E-state index < -0.39 is 12.3 Å². The fraction of sp³-hybridized carbons (Fsp3) is 0.0714. The molecule has 0 aliphatic heterocycles. The van der Waals surface area contributed by atoms with Crippen LogP contribution in [0.5, 0.6) is 5.75 Å². The monoisotopic (exact) mass is 315 g/mol. The molecule has 0 saturated heterocycles. The van der Waals surface area contributed by atoms with Gasteiger partial charge in [0.2, 0.25) is 0 Å². The molecule has 0 atom stereocenters. The molecule has 110 valence electrons. The molecule has 0 radical (unpaired) electrons. The number of hydrogen-bond donors (Lipinski definition) is 1. The van der Waals surface area contributed by atoms with Crippen molar-refractivity contribution >= 4 is 23.2 Å². The van der Waals surface area contributed by atoms with Crippen molar-refractivity contribution < 1.29 is 22.7 Å². The maximum Gasteiger partial charge on any atom is 0.573 e. The van der Waals surface area contributed by atoms with E-state index >= 15 is 0 Å². The van der Waals surface area contributed by atoms with Crippen LogP contribution in [0.1, 0.15) is 10.4 Å². The molecule has 0 aromatic heterocycles. The molecule has 1 amide bonds. The van der Waals surface area contributed by atoms with Crippen molar-refractivity contribution in [3.63, 3.8) is 0 Å². The quantitative estimate of drug-likeness (QED) is 0.906. The molecule has 0 fully saturated rings. The van der Waals surface area contributed by atoms with Gasteiger partial charge in [0.05, 0.1) is 0 Å². The minimum atomic E-state index is -4.74. The Balaban J connectivity index is 2.05. The number of halogens is 4. The molecular formula is C14H9ClF3NO2. The summed E-state index contributed by atoms with van der Waals surface area (Å²) in [6, 6.07) is 11.1. The Bertz CT molecular complexity index is 641. The molecule has 3 nitrogen and oxygen atoms in total. The van der Waals surface area contributed by atoms with Gasteiger partial charge in [0, 0.05) is 16.3 Å². The Hall–Kier alpha value is -2.21. The zero-order valence-corrected chi connectivity index (χ0v) is 11.2. The van der Waals surface area contributed by atoms with Gasteiger partial charge in [-0.25, -0.2) is 0 Å². The standard InChI is InChI=1S/C14H9ClF3NO2/c15-10-3-1-2-9(8-10)13(20)19-11-4-6-12(7-5-11)21-14(16,17)18/h1-8H,(H,19,20). The molecule has 21 heavy (non-hydrogen) atoms. The maximum absolute atomic E-state index is 12.0. The normalized spacial score (nSPS) is 11.0. The van der Waals surface area contributed by atoms with E-state index in [1.165, 1.54) is 18.2 Å². The molecule has 1 N–H and O–H groups in total. The van der Waals surface area contributed by atoms with E-state index in [-0.39, 0.29) is 5.75 Å². The first-order chi connectivity index (χ1) is 9.83. The second-order valence-corrected chi connectivity index (χ2v) is 4.47. The average Bonchev–Trinajstić information content (AvgIpc) is 2.39. The molecule has 0 heterocycles. The fourth-order valence-corrected chi connectivity index (χ4v) is 1.76. The number of ether oxygens (including phenoxy) is 1. The summed E-state index contributed by atoms with van der Waals surface area (Å²) in [5, 5.41) is 2.95. The highest BCUT2D eigenvalue weighted by molar-refractivity contribution is 6.31. The van der Waals surface area contributed by atoms with E-state index in [1.807, 2.05) is 0 Å². The third-order valence-electron chi connectivity index (χ3n) is 2.43. The summed E-state index contributed by atoms with van der Waals surface area (Å²) in [6.07, 6.45) is -4.74. The number of anilines is 1. The van der Waals surface area contributed by atoms with Crippen LogP contribution in [0.2, 0.25) is 5.02 Å². The van der Waals surface area contributed by atoms with Crippen molar-refractivity contribution in [2.24, 2.45) is 0 Å². The molecule has 0 spiro atoms. The number of amides is 1. The summed E-state index contributed by atoms with van der Waals surface area (Å²) in [6.45, 7) is 0. The van der Waals surface area contributed by atoms with Gasteiger partial charge in [0.15, 0.2) is 0 Å². The van der Waals surface area contributed by atoms with Gasteiger partial charge in [-0.2, -0.15) is 0 Å². The van der Waals surface area contributed by atoms with Crippen molar-refractivity contribution in [3.8, 4) is 5.75 Å². The average molecular weight is 316 g/mol. The highest BCUT2D eigenvalue weighted by Crippen LogP contribution is 2.24. The van der Waals surface area contributed by atoms with Crippen molar-refractivity contribution in [2.45, 2.75) is 6.36 Å². The summed E-state index contributed by atoms with van der Waals surface area (Å²) in [5.41, 5.74) is 0.688. The lowest BCUT2D eigenvalue weighted by molar-refractivity contribution is -0.274. The largest absolute Gasteiger partial charge is 0.573 e. The highest BCUT2D eigenvalue weighted by atomic mass is 35.5. The van der Waals surface area contributed by atoms with Gasteiger partial charge in [0.25, 0.3) is 5.91 Å². The predicted octanol–water partition coefficient (Wildman–Crippen LogP) is 4.49. The Morgan fingerprint density at radius 2 is 1.76 bits per heavy atom.